The van der Waals surface area contributed by atoms with Gasteiger partial charge in [-0.15, -0.1) is 0 Å². The van der Waals surface area contributed by atoms with Crippen LogP contribution in [0.5, 0.6) is 0 Å². The normalized spacial score (nSPS) is 10.6. The summed E-state index contributed by atoms with van der Waals surface area (Å²) in [5.74, 6) is 0.284. The van der Waals surface area contributed by atoms with Crippen LogP contribution in [0.4, 0.5) is 11.5 Å². The molecule has 1 aromatic rings. The molecule has 0 atom stereocenters. The molecule has 0 aliphatic heterocycles. The summed E-state index contributed by atoms with van der Waals surface area (Å²) in [4.78, 5) is 14.3. The fraction of sp³-hybridized carbons (Fsp3) is 0.300. The van der Waals surface area contributed by atoms with Crippen molar-refractivity contribution in [3.63, 3.8) is 0 Å². The van der Waals surface area contributed by atoms with Crippen LogP contribution in [0.2, 0.25) is 0 Å². The van der Waals surface area contributed by atoms with E-state index in [2.05, 4.69) is 10.3 Å². The Labute approximate surface area is 93.3 Å². The van der Waals surface area contributed by atoms with Gasteiger partial charge in [0.1, 0.15) is 0 Å². The lowest BCUT2D eigenvalue weighted by Crippen LogP contribution is -2.05. The number of nitrogens with zero attached hydrogens (tertiary/aromatic N) is 2. The maximum absolute atomic E-state index is 10.7. The van der Waals surface area contributed by atoms with E-state index >= 15 is 0 Å². The van der Waals surface area contributed by atoms with Gasteiger partial charge in [0.25, 0.3) is 0 Å². The van der Waals surface area contributed by atoms with Crippen molar-refractivity contribution in [1.82, 2.24) is 4.98 Å². The molecule has 0 spiro atoms. The highest BCUT2D eigenvalue weighted by atomic mass is 16.6. The van der Waals surface area contributed by atoms with Crippen LogP contribution < -0.4 is 11.1 Å². The summed E-state index contributed by atoms with van der Waals surface area (Å²) in [6, 6.07) is 3.05. The zero-order valence-corrected chi connectivity index (χ0v) is 9.01. The van der Waals surface area contributed by atoms with E-state index in [9.17, 15) is 10.1 Å². The minimum Gasteiger partial charge on any atom is -0.361 e. The topological polar surface area (TPSA) is 94.1 Å². The second-order valence-corrected chi connectivity index (χ2v) is 3.17. The summed E-state index contributed by atoms with van der Waals surface area (Å²) in [7, 11) is 0. The van der Waals surface area contributed by atoms with Crippen LogP contribution in [0.1, 0.15) is 5.69 Å². The van der Waals surface area contributed by atoms with Gasteiger partial charge in [-0.05, 0) is 13.0 Å². The average Bonchev–Trinajstić information content (AvgIpc) is 2.24. The standard InChI is InChI=1S/C10H14N4O2/c1-8-4-5-9(14(15)16)10(13-8)12-7-3-2-6-11/h2-5H,6-7,11H2,1H3,(H,12,13)/b3-2+. The van der Waals surface area contributed by atoms with Gasteiger partial charge < -0.3 is 11.1 Å². The lowest BCUT2D eigenvalue weighted by molar-refractivity contribution is -0.384. The molecule has 3 N–H and O–H groups in total. The number of anilines is 1. The first-order valence-corrected chi connectivity index (χ1v) is 4.86. The Hall–Kier alpha value is -1.95. The van der Waals surface area contributed by atoms with Crippen LogP contribution in [0.3, 0.4) is 0 Å². The van der Waals surface area contributed by atoms with E-state index in [0.29, 0.717) is 13.1 Å². The maximum Gasteiger partial charge on any atom is 0.311 e. The number of aryl methyl sites for hydroxylation is 1. The van der Waals surface area contributed by atoms with E-state index in [1.54, 1.807) is 25.1 Å². The average molecular weight is 222 g/mol. The minimum atomic E-state index is -0.457. The van der Waals surface area contributed by atoms with Crippen molar-refractivity contribution < 1.29 is 4.92 Å². The van der Waals surface area contributed by atoms with E-state index in [1.165, 1.54) is 6.07 Å². The van der Waals surface area contributed by atoms with Crippen molar-refractivity contribution in [3.05, 3.63) is 40.1 Å². The predicted molar refractivity (Wildman–Crippen MR) is 62.3 cm³/mol. The monoisotopic (exact) mass is 222 g/mol. The van der Waals surface area contributed by atoms with Gasteiger partial charge in [-0.2, -0.15) is 0 Å². The van der Waals surface area contributed by atoms with Crippen molar-refractivity contribution >= 4 is 11.5 Å². The number of hydrogen-bond donors (Lipinski definition) is 2. The zero-order valence-electron chi connectivity index (χ0n) is 9.01. The summed E-state index contributed by atoms with van der Waals surface area (Å²) in [5, 5.41) is 13.6. The molecule has 0 bridgehead atoms. The minimum absolute atomic E-state index is 0.0215. The lowest BCUT2D eigenvalue weighted by atomic mass is 10.3. The molecule has 0 saturated carbocycles. The van der Waals surface area contributed by atoms with Crippen molar-refractivity contribution in [3.8, 4) is 0 Å². The third-order valence-corrected chi connectivity index (χ3v) is 1.90. The van der Waals surface area contributed by atoms with Crippen molar-refractivity contribution in [2.75, 3.05) is 18.4 Å². The molecule has 1 heterocycles. The molecule has 86 valence electrons. The fourth-order valence-electron chi connectivity index (χ4n) is 1.16. The van der Waals surface area contributed by atoms with Crippen molar-refractivity contribution in [1.29, 1.82) is 0 Å². The molecule has 0 radical (unpaired) electrons. The predicted octanol–water partition coefficient (Wildman–Crippen LogP) is 1.23. The molecule has 0 amide bonds. The van der Waals surface area contributed by atoms with Crippen LogP contribution in [0.15, 0.2) is 24.3 Å². The third kappa shape index (κ3) is 3.32. The first kappa shape index (κ1) is 12.1. The van der Waals surface area contributed by atoms with Gasteiger partial charge in [0.2, 0.25) is 5.82 Å². The largest absolute Gasteiger partial charge is 0.361 e. The molecule has 6 heteroatoms. The van der Waals surface area contributed by atoms with Crippen LogP contribution in [0.25, 0.3) is 0 Å². The SMILES string of the molecule is Cc1ccc([N+](=O)[O-])c(NC/C=C/CN)n1. The van der Waals surface area contributed by atoms with E-state index in [0.717, 1.165) is 5.69 Å². The third-order valence-electron chi connectivity index (χ3n) is 1.90. The Balaban J connectivity index is 2.80. The molecule has 0 fully saturated rings. The van der Waals surface area contributed by atoms with Gasteiger partial charge in [-0.1, -0.05) is 12.2 Å². The Morgan fingerprint density at radius 3 is 2.94 bits per heavy atom. The molecule has 16 heavy (non-hydrogen) atoms. The van der Waals surface area contributed by atoms with Gasteiger partial charge in [0, 0.05) is 24.8 Å². The van der Waals surface area contributed by atoms with E-state index in [-0.39, 0.29) is 11.5 Å². The van der Waals surface area contributed by atoms with Crippen molar-refractivity contribution in [2.45, 2.75) is 6.92 Å². The molecule has 1 rings (SSSR count). The van der Waals surface area contributed by atoms with Crippen LogP contribution >= 0.6 is 0 Å². The summed E-state index contributed by atoms with van der Waals surface area (Å²) >= 11 is 0. The first-order chi connectivity index (χ1) is 7.65. The quantitative estimate of drug-likeness (QED) is 0.444. The summed E-state index contributed by atoms with van der Waals surface area (Å²) in [6.07, 6.45) is 3.57. The molecule has 0 saturated heterocycles. The summed E-state index contributed by atoms with van der Waals surface area (Å²) in [6.45, 7) is 2.70. The molecule has 0 aromatic carbocycles. The number of aromatic nitrogens is 1. The van der Waals surface area contributed by atoms with Gasteiger partial charge >= 0.3 is 5.69 Å². The molecule has 1 aromatic heterocycles. The maximum atomic E-state index is 10.7. The van der Waals surface area contributed by atoms with Gasteiger partial charge in [-0.25, -0.2) is 4.98 Å². The molecule has 0 aliphatic rings. The number of nitrogens with two attached hydrogens (primary N) is 1. The van der Waals surface area contributed by atoms with Gasteiger partial charge in [-0.3, -0.25) is 10.1 Å². The highest BCUT2D eigenvalue weighted by molar-refractivity contribution is 5.56. The molecule has 0 unspecified atom stereocenters. The highest BCUT2D eigenvalue weighted by Gasteiger charge is 2.13. The fourth-order valence-corrected chi connectivity index (χ4v) is 1.16. The lowest BCUT2D eigenvalue weighted by Gasteiger charge is -2.04. The smallest absolute Gasteiger partial charge is 0.311 e. The Morgan fingerprint density at radius 2 is 2.31 bits per heavy atom. The van der Waals surface area contributed by atoms with Crippen LogP contribution in [0, 0.1) is 17.0 Å². The zero-order chi connectivity index (χ0) is 12.0. The Morgan fingerprint density at radius 1 is 1.56 bits per heavy atom. The molecular formula is C10H14N4O2. The number of nitrogens with one attached hydrogen (secondary N) is 1. The van der Waals surface area contributed by atoms with E-state index in [1.807, 2.05) is 0 Å². The molecule has 0 aliphatic carbocycles. The van der Waals surface area contributed by atoms with Crippen LogP contribution in [-0.2, 0) is 0 Å². The number of pyridine rings is 1. The summed E-state index contributed by atoms with van der Waals surface area (Å²) < 4.78 is 0. The van der Waals surface area contributed by atoms with E-state index in [4.69, 9.17) is 5.73 Å². The Kier molecular flexibility index (Phi) is 4.41. The summed E-state index contributed by atoms with van der Waals surface area (Å²) in [5.41, 5.74) is 5.98. The molecule has 6 nitrogen and oxygen atoms in total. The number of rotatable bonds is 5. The van der Waals surface area contributed by atoms with Crippen LogP contribution in [-0.4, -0.2) is 23.0 Å². The first-order valence-electron chi connectivity index (χ1n) is 4.86. The second kappa shape index (κ2) is 5.82. The molecular weight excluding hydrogens is 208 g/mol. The van der Waals surface area contributed by atoms with Gasteiger partial charge in [0.15, 0.2) is 0 Å². The van der Waals surface area contributed by atoms with Crippen molar-refractivity contribution in [2.24, 2.45) is 5.73 Å². The number of nitro groups is 1. The van der Waals surface area contributed by atoms with E-state index < -0.39 is 4.92 Å². The Bertz CT molecular complexity index is 404. The second-order valence-electron chi connectivity index (χ2n) is 3.17. The number of hydrogen-bond acceptors (Lipinski definition) is 5. The highest BCUT2D eigenvalue weighted by Crippen LogP contribution is 2.21. The van der Waals surface area contributed by atoms with Gasteiger partial charge in [0.05, 0.1) is 4.92 Å².